The second-order valence-electron chi connectivity index (χ2n) is 6.47. The van der Waals surface area contributed by atoms with Crippen LogP contribution in [-0.4, -0.2) is 68.2 Å². The van der Waals surface area contributed by atoms with Gasteiger partial charge in [0.2, 0.25) is 5.75 Å². The van der Waals surface area contributed by atoms with Crippen molar-refractivity contribution in [1.82, 2.24) is 14.8 Å². The molecule has 0 spiro atoms. The largest absolute Gasteiger partial charge is 0.493 e. The average Bonchev–Trinajstić information content (AvgIpc) is 2.73. The Morgan fingerprint density at radius 1 is 1.04 bits per heavy atom. The van der Waals surface area contributed by atoms with Crippen LogP contribution >= 0.6 is 12.2 Å². The van der Waals surface area contributed by atoms with E-state index in [0.717, 1.165) is 18.7 Å². The van der Waals surface area contributed by atoms with E-state index in [1.165, 1.54) is 0 Å². The zero-order valence-electron chi connectivity index (χ0n) is 16.4. The molecular weight excluding hydrogens is 378 g/mol. The Balaban J connectivity index is 1.67. The van der Waals surface area contributed by atoms with E-state index in [4.69, 9.17) is 26.4 Å². The lowest BCUT2D eigenvalue weighted by Crippen LogP contribution is -2.48. The maximum atomic E-state index is 12.7. The summed E-state index contributed by atoms with van der Waals surface area (Å²) < 4.78 is 16.9. The summed E-state index contributed by atoms with van der Waals surface area (Å²) in [6.07, 6.45) is 1.73. The van der Waals surface area contributed by atoms with Crippen LogP contribution in [0, 0.1) is 4.64 Å². The standard InChI is InChI=1S/C20H25N3O4S/c1-25-16-7-6-14(17(26-2)18(16)27-3)13-22-9-11-23(12-10-22)20(24)15-5-4-8-21-19(15)28/h4-8H,9-13H2,1-3H3,(H,21,28). The second-order valence-corrected chi connectivity index (χ2v) is 6.88. The number of hydrogen-bond acceptors (Lipinski definition) is 6. The highest BCUT2D eigenvalue weighted by Gasteiger charge is 2.24. The fraction of sp³-hybridized carbons (Fsp3) is 0.400. The van der Waals surface area contributed by atoms with Gasteiger partial charge in [0, 0.05) is 44.5 Å². The van der Waals surface area contributed by atoms with Crippen LogP contribution in [0.25, 0.3) is 0 Å². The number of amides is 1. The maximum Gasteiger partial charge on any atom is 0.256 e. The summed E-state index contributed by atoms with van der Waals surface area (Å²) in [5, 5.41) is 0. The minimum Gasteiger partial charge on any atom is -0.493 e. The average molecular weight is 404 g/mol. The number of pyridine rings is 1. The lowest BCUT2D eigenvalue weighted by molar-refractivity contribution is 0.0626. The van der Waals surface area contributed by atoms with Crippen LogP contribution in [0.2, 0.25) is 0 Å². The van der Waals surface area contributed by atoms with Crippen molar-refractivity contribution in [3.8, 4) is 17.2 Å². The summed E-state index contributed by atoms with van der Waals surface area (Å²) in [4.78, 5) is 19.8. The molecule has 0 saturated carbocycles. The number of aromatic nitrogens is 1. The summed E-state index contributed by atoms with van der Waals surface area (Å²) in [7, 11) is 4.83. The van der Waals surface area contributed by atoms with Crippen molar-refractivity contribution in [1.29, 1.82) is 0 Å². The molecule has 2 aromatic rings. The molecule has 1 saturated heterocycles. The van der Waals surface area contributed by atoms with Gasteiger partial charge in [-0.15, -0.1) is 0 Å². The van der Waals surface area contributed by atoms with Gasteiger partial charge in [-0.05, 0) is 18.2 Å². The number of methoxy groups -OCH3 is 3. The van der Waals surface area contributed by atoms with Crippen molar-refractivity contribution in [3.05, 3.63) is 46.2 Å². The summed E-state index contributed by atoms with van der Waals surface area (Å²) in [6, 6.07) is 7.43. The molecule has 0 aliphatic carbocycles. The molecule has 1 N–H and O–H groups in total. The topological polar surface area (TPSA) is 67.0 Å². The Morgan fingerprint density at radius 2 is 1.75 bits per heavy atom. The highest BCUT2D eigenvalue weighted by molar-refractivity contribution is 7.71. The number of H-pyrrole nitrogens is 1. The van der Waals surface area contributed by atoms with Gasteiger partial charge < -0.3 is 24.1 Å². The molecule has 28 heavy (non-hydrogen) atoms. The van der Waals surface area contributed by atoms with Crippen molar-refractivity contribution < 1.29 is 19.0 Å². The highest BCUT2D eigenvalue weighted by Crippen LogP contribution is 2.40. The number of rotatable bonds is 6. The smallest absolute Gasteiger partial charge is 0.256 e. The lowest BCUT2D eigenvalue weighted by atomic mass is 10.1. The Morgan fingerprint density at radius 3 is 2.36 bits per heavy atom. The monoisotopic (exact) mass is 403 g/mol. The third-order valence-electron chi connectivity index (χ3n) is 4.89. The van der Waals surface area contributed by atoms with E-state index in [1.54, 1.807) is 39.7 Å². The van der Waals surface area contributed by atoms with E-state index in [1.807, 2.05) is 17.0 Å². The van der Waals surface area contributed by atoms with Gasteiger partial charge in [0.15, 0.2) is 11.5 Å². The molecule has 2 heterocycles. The number of nitrogens with zero attached hydrogens (tertiary/aromatic N) is 2. The Hall–Kier alpha value is -2.58. The van der Waals surface area contributed by atoms with E-state index in [-0.39, 0.29) is 5.91 Å². The Labute approximate surface area is 169 Å². The molecule has 1 amide bonds. The third-order valence-corrected chi connectivity index (χ3v) is 5.23. The first kappa shape index (κ1) is 20.2. The van der Waals surface area contributed by atoms with E-state index in [9.17, 15) is 4.79 Å². The molecule has 0 unspecified atom stereocenters. The lowest BCUT2D eigenvalue weighted by Gasteiger charge is -2.35. The number of aromatic amines is 1. The predicted octanol–water partition coefficient (Wildman–Crippen LogP) is 2.73. The number of nitrogens with one attached hydrogen (secondary N) is 1. The third kappa shape index (κ3) is 4.13. The van der Waals surface area contributed by atoms with Crippen LogP contribution in [0.1, 0.15) is 15.9 Å². The van der Waals surface area contributed by atoms with Crippen LogP contribution in [0.5, 0.6) is 17.2 Å². The van der Waals surface area contributed by atoms with Gasteiger partial charge in [-0.3, -0.25) is 9.69 Å². The fourth-order valence-electron chi connectivity index (χ4n) is 3.40. The minimum absolute atomic E-state index is 0.0230. The summed E-state index contributed by atoms with van der Waals surface area (Å²) >= 11 is 5.23. The molecule has 1 aromatic carbocycles. The van der Waals surface area contributed by atoms with Gasteiger partial charge >= 0.3 is 0 Å². The molecule has 0 atom stereocenters. The summed E-state index contributed by atoms with van der Waals surface area (Å²) in [6.45, 7) is 3.55. The molecule has 1 aliphatic rings. The van der Waals surface area contributed by atoms with Crippen LogP contribution in [0.4, 0.5) is 0 Å². The second kappa shape index (κ2) is 9.07. The molecule has 1 fully saturated rings. The first-order valence-electron chi connectivity index (χ1n) is 9.06. The van der Waals surface area contributed by atoms with Gasteiger partial charge in [-0.1, -0.05) is 18.3 Å². The molecular formula is C20H25N3O4S. The molecule has 8 heteroatoms. The van der Waals surface area contributed by atoms with Gasteiger partial charge in [0.1, 0.15) is 4.64 Å². The number of piperazine rings is 1. The number of carbonyl (C=O) groups excluding carboxylic acids is 1. The first-order chi connectivity index (χ1) is 13.6. The minimum atomic E-state index is -0.0230. The van der Waals surface area contributed by atoms with Gasteiger partial charge in [0.05, 0.1) is 26.9 Å². The van der Waals surface area contributed by atoms with E-state index < -0.39 is 0 Å². The SMILES string of the molecule is COc1ccc(CN2CCN(C(=O)c3ccc[nH]c3=S)CC2)c(OC)c1OC. The van der Waals surface area contributed by atoms with Crippen LogP contribution in [0.3, 0.4) is 0 Å². The maximum absolute atomic E-state index is 12.7. The molecule has 1 aromatic heterocycles. The van der Waals surface area contributed by atoms with Crippen molar-refractivity contribution in [3.63, 3.8) is 0 Å². The predicted molar refractivity (Wildman–Crippen MR) is 109 cm³/mol. The molecule has 0 bridgehead atoms. The van der Waals surface area contributed by atoms with Crippen LogP contribution in [0.15, 0.2) is 30.5 Å². The van der Waals surface area contributed by atoms with Crippen molar-refractivity contribution in [2.75, 3.05) is 47.5 Å². The number of ether oxygens (including phenoxy) is 3. The molecule has 1 aliphatic heterocycles. The number of hydrogen-bond donors (Lipinski definition) is 1. The fourth-order valence-corrected chi connectivity index (χ4v) is 3.62. The quantitative estimate of drug-likeness (QED) is 0.748. The number of carbonyl (C=O) groups is 1. The molecule has 7 nitrogen and oxygen atoms in total. The van der Waals surface area contributed by atoms with E-state index >= 15 is 0 Å². The first-order valence-corrected chi connectivity index (χ1v) is 9.47. The highest BCUT2D eigenvalue weighted by atomic mass is 32.1. The van der Waals surface area contributed by atoms with Crippen molar-refractivity contribution in [2.45, 2.75) is 6.54 Å². The molecule has 3 rings (SSSR count). The van der Waals surface area contributed by atoms with E-state index in [0.29, 0.717) is 47.1 Å². The zero-order valence-corrected chi connectivity index (χ0v) is 17.2. The molecule has 150 valence electrons. The van der Waals surface area contributed by atoms with Crippen molar-refractivity contribution >= 4 is 18.1 Å². The zero-order chi connectivity index (χ0) is 20.1. The van der Waals surface area contributed by atoms with E-state index in [2.05, 4.69) is 9.88 Å². The Kier molecular flexibility index (Phi) is 6.53. The normalized spacial score (nSPS) is 14.6. The van der Waals surface area contributed by atoms with Gasteiger partial charge in [-0.2, -0.15) is 0 Å². The van der Waals surface area contributed by atoms with Crippen molar-refractivity contribution in [2.24, 2.45) is 0 Å². The van der Waals surface area contributed by atoms with Crippen LogP contribution in [-0.2, 0) is 6.54 Å². The summed E-state index contributed by atoms with van der Waals surface area (Å²) in [5.74, 6) is 1.88. The molecule has 0 radical (unpaired) electrons. The Bertz CT molecular complexity index is 891. The van der Waals surface area contributed by atoms with Gasteiger partial charge in [0.25, 0.3) is 5.91 Å². The van der Waals surface area contributed by atoms with Crippen LogP contribution < -0.4 is 14.2 Å². The summed E-state index contributed by atoms with van der Waals surface area (Å²) in [5.41, 5.74) is 1.57. The number of benzene rings is 1. The van der Waals surface area contributed by atoms with Gasteiger partial charge in [-0.25, -0.2) is 0 Å².